The molecule has 0 spiro atoms. The molecule has 0 bridgehead atoms. The van der Waals surface area contributed by atoms with Crippen molar-refractivity contribution in [2.45, 2.75) is 56.7 Å². The fourth-order valence-corrected chi connectivity index (χ4v) is 5.23. The maximum atomic E-state index is 13.1. The molecule has 0 saturated heterocycles. The molecule has 2 N–H and O–H groups in total. The Morgan fingerprint density at radius 1 is 1.21 bits per heavy atom. The minimum absolute atomic E-state index is 0.0757. The van der Waals surface area contributed by atoms with Gasteiger partial charge in [-0.05, 0) is 49.6 Å². The van der Waals surface area contributed by atoms with Crippen LogP contribution in [0.3, 0.4) is 0 Å². The summed E-state index contributed by atoms with van der Waals surface area (Å²) in [6.45, 7) is 8.22. The van der Waals surface area contributed by atoms with Crippen LogP contribution in [0.25, 0.3) is 0 Å². The lowest BCUT2D eigenvalue weighted by molar-refractivity contribution is -0.124. The Balaban J connectivity index is 1.51. The molecule has 8 heteroatoms. The van der Waals surface area contributed by atoms with Gasteiger partial charge in [-0.2, -0.15) is 5.10 Å². The number of hydrogen-bond acceptors (Lipinski definition) is 6. The third-order valence-electron chi connectivity index (χ3n) is 5.80. The van der Waals surface area contributed by atoms with E-state index in [1.165, 1.54) is 11.8 Å². The first-order chi connectivity index (χ1) is 13.8. The van der Waals surface area contributed by atoms with Crippen LogP contribution in [0.5, 0.6) is 0 Å². The van der Waals surface area contributed by atoms with E-state index in [4.69, 9.17) is 9.41 Å². The zero-order valence-electron chi connectivity index (χ0n) is 16.9. The molecular weight excluding hydrogens is 386 g/mol. The van der Waals surface area contributed by atoms with Gasteiger partial charge in [-0.25, -0.2) is 9.98 Å². The Morgan fingerprint density at radius 2 is 2.03 bits per heavy atom. The summed E-state index contributed by atoms with van der Waals surface area (Å²) in [5.74, 6) is 1.23. The van der Waals surface area contributed by atoms with Crippen LogP contribution in [0.1, 0.15) is 55.3 Å². The highest BCUT2D eigenvalue weighted by Crippen LogP contribution is 2.49. The fourth-order valence-electron chi connectivity index (χ4n) is 4.38. The highest BCUT2D eigenvalue weighted by Gasteiger charge is 2.47. The number of ketones is 1. The van der Waals surface area contributed by atoms with Crippen LogP contribution in [-0.4, -0.2) is 31.7 Å². The van der Waals surface area contributed by atoms with E-state index in [9.17, 15) is 4.79 Å². The van der Waals surface area contributed by atoms with E-state index in [1.54, 1.807) is 6.20 Å². The van der Waals surface area contributed by atoms with Gasteiger partial charge in [0.05, 0.1) is 23.7 Å². The van der Waals surface area contributed by atoms with E-state index in [2.05, 4.69) is 34.0 Å². The molecule has 1 saturated carbocycles. The number of carbonyl (C=O) groups excluding carboxylic acids is 1. The van der Waals surface area contributed by atoms with Crippen molar-refractivity contribution in [1.29, 1.82) is 0 Å². The van der Waals surface area contributed by atoms with Crippen molar-refractivity contribution in [3.05, 3.63) is 41.0 Å². The van der Waals surface area contributed by atoms with Gasteiger partial charge < -0.3 is 9.40 Å². The summed E-state index contributed by atoms with van der Waals surface area (Å²) in [7, 11) is 0. The van der Waals surface area contributed by atoms with E-state index in [1.807, 2.05) is 26.0 Å². The van der Waals surface area contributed by atoms with Crippen LogP contribution >= 0.6 is 11.8 Å². The monoisotopic (exact) mass is 409 g/mol. The summed E-state index contributed by atoms with van der Waals surface area (Å²) < 4.78 is 6.21. The second kappa shape index (κ2) is 6.45. The van der Waals surface area contributed by atoms with Gasteiger partial charge in [0.2, 0.25) is 0 Å². The lowest BCUT2D eigenvalue weighted by Gasteiger charge is -2.39. The topological polar surface area (TPSA) is 99.9 Å². The van der Waals surface area contributed by atoms with E-state index >= 15 is 0 Å². The Kier molecular flexibility index (Phi) is 4.10. The van der Waals surface area contributed by atoms with E-state index in [0.29, 0.717) is 6.42 Å². The average molecular weight is 410 g/mol. The highest BCUT2D eigenvalue weighted by molar-refractivity contribution is 7.99. The van der Waals surface area contributed by atoms with E-state index in [0.717, 1.165) is 50.9 Å². The molecule has 2 atom stereocenters. The number of aliphatic imine (C=N–C) groups is 1. The predicted molar refractivity (Wildman–Crippen MR) is 110 cm³/mol. The summed E-state index contributed by atoms with van der Waals surface area (Å²) in [5.41, 5.74) is 3.79. The Hall–Kier alpha value is -2.61. The Morgan fingerprint density at radius 3 is 2.79 bits per heavy atom. The van der Waals surface area contributed by atoms with Crippen molar-refractivity contribution in [3.8, 4) is 0 Å². The normalized spacial score (nSPS) is 22.9. The van der Waals surface area contributed by atoms with Gasteiger partial charge in [0.25, 0.3) is 0 Å². The van der Waals surface area contributed by atoms with Crippen LogP contribution in [0.4, 0.5) is 5.82 Å². The molecule has 5 rings (SSSR count). The van der Waals surface area contributed by atoms with Crippen molar-refractivity contribution in [1.82, 2.24) is 20.2 Å². The van der Waals surface area contributed by atoms with Crippen molar-refractivity contribution in [2.75, 3.05) is 0 Å². The first-order valence-corrected chi connectivity index (χ1v) is 10.6. The summed E-state index contributed by atoms with van der Waals surface area (Å²) >= 11 is 1.45. The minimum atomic E-state index is -0.287. The van der Waals surface area contributed by atoms with Gasteiger partial charge in [0, 0.05) is 23.4 Å². The summed E-state index contributed by atoms with van der Waals surface area (Å²) in [5, 5.41) is 8.70. The maximum absolute atomic E-state index is 13.1. The molecule has 3 aromatic heterocycles. The highest BCUT2D eigenvalue weighted by atomic mass is 32.2. The lowest BCUT2D eigenvalue weighted by Crippen LogP contribution is -2.42. The number of rotatable bonds is 3. The number of Topliss-reactive ketones (excluding diaryl/α,β-unsaturated/α-hetero) is 1. The zero-order chi connectivity index (χ0) is 20.3. The molecule has 0 aromatic carbocycles. The van der Waals surface area contributed by atoms with Gasteiger partial charge in [-0.1, -0.05) is 13.8 Å². The lowest BCUT2D eigenvalue weighted by atomic mass is 9.65. The van der Waals surface area contributed by atoms with E-state index < -0.39 is 0 Å². The predicted octanol–water partition coefficient (Wildman–Crippen LogP) is 4.72. The van der Waals surface area contributed by atoms with Crippen LogP contribution in [0.2, 0.25) is 0 Å². The smallest absolute Gasteiger partial charge is 0.173 e. The molecule has 2 unspecified atom stereocenters. The van der Waals surface area contributed by atoms with Crippen molar-refractivity contribution < 1.29 is 9.21 Å². The van der Waals surface area contributed by atoms with Gasteiger partial charge in [0.15, 0.2) is 16.1 Å². The third kappa shape index (κ3) is 3.15. The number of nitrogens with zero attached hydrogens (tertiary/aromatic N) is 3. The van der Waals surface area contributed by atoms with Gasteiger partial charge in [-0.15, -0.1) is 0 Å². The molecule has 2 aliphatic rings. The largest absolute Gasteiger partial charge is 0.454 e. The first kappa shape index (κ1) is 18.4. The standard InChI is InChI=1S/C21H23N5O2S/c1-10-11(2)24-20(23-10)29-16-6-5-15(28-16)17-12-9-22-26-19(12)25-13-7-21(3,4)8-14(27)18(13)17/h5-6,9,17-18H,7-8H2,1-4H3,(H,22,26)(H,23,24). The van der Waals surface area contributed by atoms with Crippen molar-refractivity contribution >= 4 is 29.1 Å². The number of aromatic amines is 2. The quantitative estimate of drug-likeness (QED) is 0.652. The molecule has 150 valence electrons. The molecule has 1 aliphatic carbocycles. The van der Waals surface area contributed by atoms with Gasteiger partial charge in [0.1, 0.15) is 11.5 Å². The number of H-pyrrole nitrogens is 2. The number of furan rings is 1. The number of nitrogens with one attached hydrogen (secondary N) is 2. The van der Waals surface area contributed by atoms with E-state index in [-0.39, 0.29) is 23.0 Å². The zero-order valence-corrected chi connectivity index (χ0v) is 17.7. The van der Waals surface area contributed by atoms with Crippen LogP contribution < -0.4 is 0 Å². The molecule has 29 heavy (non-hydrogen) atoms. The average Bonchev–Trinajstić information content (AvgIpc) is 3.33. The second-order valence-electron chi connectivity index (χ2n) is 8.73. The molecule has 1 aliphatic heterocycles. The van der Waals surface area contributed by atoms with Gasteiger partial charge in [-0.3, -0.25) is 9.89 Å². The SMILES string of the molecule is Cc1nc(Sc2ccc(C3c4cn[nH]c4N=C4CC(C)(C)CC(=O)C43)o2)[nH]c1C. The number of fused-ring (bicyclic) bond motifs is 2. The summed E-state index contributed by atoms with van der Waals surface area (Å²) in [4.78, 5) is 25.6. The van der Waals surface area contributed by atoms with Crippen LogP contribution in [0, 0.1) is 25.2 Å². The molecule has 0 radical (unpaired) electrons. The Labute approximate surface area is 172 Å². The first-order valence-electron chi connectivity index (χ1n) is 9.75. The van der Waals surface area contributed by atoms with Crippen molar-refractivity contribution in [2.24, 2.45) is 16.3 Å². The van der Waals surface area contributed by atoms with Crippen LogP contribution in [-0.2, 0) is 4.79 Å². The number of hydrogen-bond donors (Lipinski definition) is 2. The summed E-state index contributed by atoms with van der Waals surface area (Å²) in [6.07, 6.45) is 3.11. The van der Waals surface area contributed by atoms with Gasteiger partial charge >= 0.3 is 0 Å². The number of aryl methyl sites for hydroxylation is 2. The molecule has 4 heterocycles. The number of carbonyl (C=O) groups is 1. The molecule has 7 nitrogen and oxygen atoms in total. The van der Waals surface area contributed by atoms with Crippen molar-refractivity contribution in [3.63, 3.8) is 0 Å². The maximum Gasteiger partial charge on any atom is 0.173 e. The minimum Gasteiger partial charge on any atom is -0.454 e. The molecular formula is C21H23N5O2S. The second-order valence-corrected chi connectivity index (χ2v) is 9.72. The molecule has 3 aromatic rings. The summed E-state index contributed by atoms with van der Waals surface area (Å²) in [6, 6.07) is 3.90. The molecule has 1 fully saturated rings. The van der Waals surface area contributed by atoms with Crippen LogP contribution in [0.15, 0.2) is 38.0 Å². The number of aromatic nitrogens is 4. The fraction of sp³-hybridized carbons (Fsp3) is 0.429. The number of imidazole rings is 1. The molecule has 0 amide bonds. The third-order valence-corrected chi connectivity index (χ3v) is 6.61. The Bertz CT molecular complexity index is 1120.